The SMILES string of the molecule is Cn1cc(CC(=O)O)c2c(C3CCC3)ncnc21. The highest BCUT2D eigenvalue weighted by Crippen LogP contribution is 2.39. The maximum atomic E-state index is 10.9. The Balaban J connectivity index is 2.19. The Hall–Kier alpha value is -1.91. The summed E-state index contributed by atoms with van der Waals surface area (Å²) in [4.78, 5) is 19.6. The van der Waals surface area contributed by atoms with E-state index in [9.17, 15) is 4.79 Å². The van der Waals surface area contributed by atoms with E-state index in [1.165, 1.54) is 6.42 Å². The molecule has 2 aromatic heterocycles. The maximum absolute atomic E-state index is 10.9. The van der Waals surface area contributed by atoms with Crippen LogP contribution in [0, 0.1) is 0 Å². The van der Waals surface area contributed by atoms with Crippen molar-refractivity contribution in [2.45, 2.75) is 31.6 Å². The minimum atomic E-state index is -0.814. The number of hydrogen-bond acceptors (Lipinski definition) is 3. The van der Waals surface area contributed by atoms with Gasteiger partial charge in [-0.25, -0.2) is 9.97 Å². The van der Waals surface area contributed by atoms with E-state index in [-0.39, 0.29) is 6.42 Å². The molecule has 5 nitrogen and oxygen atoms in total. The van der Waals surface area contributed by atoms with Crippen LogP contribution in [0.25, 0.3) is 11.0 Å². The Morgan fingerprint density at radius 2 is 2.28 bits per heavy atom. The van der Waals surface area contributed by atoms with Gasteiger partial charge in [0, 0.05) is 24.5 Å². The summed E-state index contributed by atoms with van der Waals surface area (Å²) in [5, 5.41) is 9.94. The second kappa shape index (κ2) is 4.08. The number of carboxylic acid groups (broad SMARTS) is 1. The zero-order valence-electron chi connectivity index (χ0n) is 10.3. The zero-order chi connectivity index (χ0) is 12.7. The molecule has 0 amide bonds. The molecule has 0 aromatic carbocycles. The molecule has 0 unspecified atom stereocenters. The van der Waals surface area contributed by atoms with E-state index in [0.29, 0.717) is 5.92 Å². The molecule has 0 bridgehead atoms. The van der Waals surface area contributed by atoms with Gasteiger partial charge in [-0.05, 0) is 18.4 Å². The average molecular weight is 245 g/mol. The number of rotatable bonds is 3. The number of aryl methyl sites for hydroxylation is 1. The highest BCUT2D eigenvalue weighted by Gasteiger charge is 2.25. The summed E-state index contributed by atoms with van der Waals surface area (Å²) in [6.07, 6.45) is 7.00. The summed E-state index contributed by atoms with van der Waals surface area (Å²) in [5.74, 6) is -0.337. The number of aliphatic carboxylic acids is 1. The van der Waals surface area contributed by atoms with Gasteiger partial charge in [-0.3, -0.25) is 4.79 Å². The van der Waals surface area contributed by atoms with Crippen molar-refractivity contribution in [2.75, 3.05) is 0 Å². The van der Waals surface area contributed by atoms with Crippen LogP contribution in [0.4, 0.5) is 0 Å². The summed E-state index contributed by atoms with van der Waals surface area (Å²) in [6.45, 7) is 0. The van der Waals surface area contributed by atoms with Crippen molar-refractivity contribution < 1.29 is 9.90 Å². The molecule has 1 N–H and O–H groups in total. The molecule has 2 heterocycles. The smallest absolute Gasteiger partial charge is 0.307 e. The molecule has 94 valence electrons. The fourth-order valence-corrected chi connectivity index (χ4v) is 2.61. The van der Waals surface area contributed by atoms with E-state index in [2.05, 4.69) is 9.97 Å². The lowest BCUT2D eigenvalue weighted by Crippen LogP contribution is -2.12. The number of aromatic nitrogens is 3. The van der Waals surface area contributed by atoms with Crippen LogP contribution in [0.2, 0.25) is 0 Å². The van der Waals surface area contributed by atoms with Crippen LogP contribution < -0.4 is 0 Å². The molecule has 0 atom stereocenters. The van der Waals surface area contributed by atoms with Gasteiger partial charge in [0.2, 0.25) is 0 Å². The second-order valence-corrected chi connectivity index (χ2v) is 4.92. The van der Waals surface area contributed by atoms with E-state index in [4.69, 9.17) is 5.11 Å². The molecule has 0 aliphatic heterocycles. The van der Waals surface area contributed by atoms with E-state index in [0.717, 1.165) is 35.1 Å². The number of hydrogen-bond donors (Lipinski definition) is 1. The predicted octanol–water partition coefficient (Wildman–Crippen LogP) is 1.86. The third-order valence-corrected chi connectivity index (χ3v) is 3.69. The van der Waals surface area contributed by atoms with E-state index in [1.807, 2.05) is 17.8 Å². The normalized spacial score (nSPS) is 15.8. The third kappa shape index (κ3) is 1.66. The summed E-state index contributed by atoms with van der Waals surface area (Å²) in [7, 11) is 1.89. The first-order valence-corrected chi connectivity index (χ1v) is 6.17. The van der Waals surface area contributed by atoms with E-state index >= 15 is 0 Å². The van der Waals surface area contributed by atoms with Gasteiger partial charge in [-0.2, -0.15) is 0 Å². The quantitative estimate of drug-likeness (QED) is 0.896. The van der Waals surface area contributed by atoms with Crippen molar-refractivity contribution in [3.63, 3.8) is 0 Å². The third-order valence-electron chi connectivity index (χ3n) is 3.69. The second-order valence-electron chi connectivity index (χ2n) is 4.92. The number of carboxylic acids is 1. The highest BCUT2D eigenvalue weighted by molar-refractivity contribution is 5.87. The van der Waals surface area contributed by atoms with Crippen LogP contribution >= 0.6 is 0 Å². The van der Waals surface area contributed by atoms with Gasteiger partial charge in [0.1, 0.15) is 12.0 Å². The van der Waals surface area contributed by atoms with Gasteiger partial charge in [0.25, 0.3) is 0 Å². The fraction of sp³-hybridized carbons (Fsp3) is 0.462. The van der Waals surface area contributed by atoms with Gasteiger partial charge >= 0.3 is 5.97 Å². The lowest BCUT2D eigenvalue weighted by Gasteiger charge is -2.25. The number of nitrogens with zero attached hydrogens (tertiary/aromatic N) is 3. The van der Waals surface area contributed by atoms with Gasteiger partial charge in [0.15, 0.2) is 0 Å². The molecular weight excluding hydrogens is 230 g/mol. The molecule has 0 spiro atoms. The Morgan fingerprint density at radius 1 is 1.50 bits per heavy atom. The van der Waals surface area contributed by atoms with Crippen molar-refractivity contribution in [1.82, 2.24) is 14.5 Å². The Bertz CT molecular complexity index is 614. The van der Waals surface area contributed by atoms with Gasteiger partial charge < -0.3 is 9.67 Å². The van der Waals surface area contributed by atoms with Crippen molar-refractivity contribution in [2.24, 2.45) is 7.05 Å². The molecule has 1 saturated carbocycles. The van der Waals surface area contributed by atoms with Crippen LogP contribution in [0.5, 0.6) is 0 Å². The monoisotopic (exact) mass is 245 g/mol. The van der Waals surface area contributed by atoms with Crippen LogP contribution in [-0.2, 0) is 18.3 Å². The fourth-order valence-electron chi connectivity index (χ4n) is 2.61. The largest absolute Gasteiger partial charge is 0.481 e. The summed E-state index contributed by atoms with van der Waals surface area (Å²) < 4.78 is 1.89. The van der Waals surface area contributed by atoms with Crippen molar-refractivity contribution in [3.05, 3.63) is 23.8 Å². The summed E-state index contributed by atoms with van der Waals surface area (Å²) >= 11 is 0. The molecule has 2 aromatic rings. The van der Waals surface area contributed by atoms with Crippen molar-refractivity contribution in [1.29, 1.82) is 0 Å². The first-order chi connectivity index (χ1) is 8.66. The van der Waals surface area contributed by atoms with Crippen molar-refractivity contribution >= 4 is 17.0 Å². The molecule has 5 heteroatoms. The van der Waals surface area contributed by atoms with Crippen LogP contribution in [0.1, 0.15) is 36.4 Å². The Kier molecular flexibility index (Phi) is 2.54. The molecule has 18 heavy (non-hydrogen) atoms. The molecule has 1 fully saturated rings. The predicted molar refractivity (Wildman–Crippen MR) is 66.4 cm³/mol. The molecule has 0 radical (unpaired) electrons. The molecule has 1 aliphatic carbocycles. The molecule has 1 aliphatic rings. The van der Waals surface area contributed by atoms with Gasteiger partial charge in [-0.15, -0.1) is 0 Å². The molecule has 3 rings (SSSR count). The van der Waals surface area contributed by atoms with E-state index < -0.39 is 5.97 Å². The van der Waals surface area contributed by atoms with Gasteiger partial charge in [0.05, 0.1) is 12.1 Å². The lowest BCUT2D eigenvalue weighted by molar-refractivity contribution is -0.136. The topological polar surface area (TPSA) is 68.0 Å². The first-order valence-electron chi connectivity index (χ1n) is 6.17. The van der Waals surface area contributed by atoms with Crippen LogP contribution in [0.15, 0.2) is 12.5 Å². The minimum absolute atomic E-state index is 0.0322. The maximum Gasteiger partial charge on any atom is 0.307 e. The highest BCUT2D eigenvalue weighted by atomic mass is 16.4. The van der Waals surface area contributed by atoms with Gasteiger partial charge in [-0.1, -0.05) is 6.42 Å². The zero-order valence-corrected chi connectivity index (χ0v) is 10.3. The Morgan fingerprint density at radius 3 is 2.89 bits per heavy atom. The molecular formula is C13H15N3O2. The van der Waals surface area contributed by atoms with Crippen LogP contribution in [-0.4, -0.2) is 25.6 Å². The number of fused-ring (bicyclic) bond motifs is 1. The Labute approximate surface area is 104 Å². The average Bonchev–Trinajstić information content (AvgIpc) is 2.54. The van der Waals surface area contributed by atoms with E-state index in [1.54, 1.807) is 6.33 Å². The minimum Gasteiger partial charge on any atom is -0.481 e. The summed E-state index contributed by atoms with van der Waals surface area (Å²) in [5.41, 5.74) is 2.69. The number of carbonyl (C=O) groups is 1. The van der Waals surface area contributed by atoms with Crippen LogP contribution in [0.3, 0.4) is 0 Å². The first kappa shape index (κ1) is 11.2. The molecule has 0 saturated heterocycles. The summed E-state index contributed by atoms with van der Waals surface area (Å²) in [6, 6.07) is 0. The van der Waals surface area contributed by atoms with Crippen molar-refractivity contribution in [3.8, 4) is 0 Å². The lowest BCUT2D eigenvalue weighted by atomic mass is 9.81. The standard InChI is InChI=1S/C13H15N3O2/c1-16-6-9(5-10(17)18)11-12(8-3-2-4-8)14-7-15-13(11)16/h6-8H,2-5H2,1H3,(H,17,18).